The van der Waals surface area contributed by atoms with E-state index < -0.39 is 0 Å². The number of hydrogen-bond acceptors (Lipinski definition) is 1. The lowest BCUT2D eigenvalue weighted by Crippen LogP contribution is -2.05. The van der Waals surface area contributed by atoms with E-state index >= 15 is 0 Å². The van der Waals surface area contributed by atoms with Crippen LogP contribution in [0.25, 0.3) is 0 Å². The molecule has 0 heterocycles. The van der Waals surface area contributed by atoms with Crippen LogP contribution >= 0.6 is 31.9 Å². The largest absolute Gasteiger partial charge is 0.294 e. The highest BCUT2D eigenvalue weighted by Crippen LogP contribution is 2.21. The maximum Gasteiger partial charge on any atom is 0.167 e. The molecule has 18 heavy (non-hydrogen) atoms. The van der Waals surface area contributed by atoms with E-state index in [4.69, 9.17) is 0 Å². The maximum absolute atomic E-state index is 12.2. The van der Waals surface area contributed by atoms with E-state index in [1.165, 1.54) is 0 Å². The van der Waals surface area contributed by atoms with Crippen LogP contribution in [0, 0.1) is 6.92 Å². The molecule has 2 aromatic carbocycles. The molecule has 0 radical (unpaired) electrons. The highest BCUT2D eigenvalue weighted by Gasteiger charge is 2.11. The van der Waals surface area contributed by atoms with Crippen LogP contribution in [0.15, 0.2) is 51.4 Å². The Labute approximate surface area is 123 Å². The molecule has 0 aliphatic rings. The van der Waals surface area contributed by atoms with Crippen LogP contribution in [0.4, 0.5) is 0 Å². The zero-order valence-corrected chi connectivity index (χ0v) is 13.1. The van der Waals surface area contributed by atoms with E-state index in [1.807, 2.05) is 49.4 Å². The van der Waals surface area contributed by atoms with E-state index in [2.05, 4.69) is 31.9 Å². The predicted octanol–water partition coefficient (Wildman–Crippen LogP) is 4.95. The average molecular weight is 368 g/mol. The highest BCUT2D eigenvalue weighted by molar-refractivity contribution is 9.10. The molecule has 0 atom stereocenters. The maximum atomic E-state index is 12.2. The fourth-order valence-electron chi connectivity index (χ4n) is 1.79. The topological polar surface area (TPSA) is 17.1 Å². The van der Waals surface area contributed by atoms with Gasteiger partial charge in [-0.1, -0.05) is 56.1 Å². The summed E-state index contributed by atoms with van der Waals surface area (Å²) in [6.45, 7) is 1.96. The number of halogens is 2. The number of benzene rings is 2. The number of hydrogen-bond donors (Lipinski definition) is 0. The molecule has 2 aromatic rings. The predicted molar refractivity (Wildman–Crippen MR) is 81.1 cm³/mol. The van der Waals surface area contributed by atoms with Gasteiger partial charge in [0.2, 0.25) is 0 Å². The molecule has 0 bridgehead atoms. The molecular weight excluding hydrogens is 356 g/mol. The van der Waals surface area contributed by atoms with Gasteiger partial charge in [0, 0.05) is 20.9 Å². The molecule has 0 aliphatic heterocycles. The lowest BCUT2D eigenvalue weighted by Gasteiger charge is -2.07. The Bertz CT molecular complexity index is 574. The summed E-state index contributed by atoms with van der Waals surface area (Å²) in [4.78, 5) is 12.2. The third-order valence-corrected chi connectivity index (χ3v) is 4.23. The quantitative estimate of drug-likeness (QED) is 0.701. The van der Waals surface area contributed by atoms with E-state index in [-0.39, 0.29) is 5.78 Å². The number of carbonyl (C=O) groups is 1. The molecular formula is C15H12Br2O. The van der Waals surface area contributed by atoms with Gasteiger partial charge in [-0.15, -0.1) is 0 Å². The molecule has 0 fully saturated rings. The zero-order chi connectivity index (χ0) is 13.1. The number of ketones is 1. The Hall–Kier alpha value is -0.930. The van der Waals surface area contributed by atoms with Crippen LogP contribution in [0.5, 0.6) is 0 Å². The summed E-state index contributed by atoms with van der Waals surface area (Å²) in [6.07, 6.45) is 0.435. The van der Waals surface area contributed by atoms with E-state index in [1.54, 1.807) is 0 Å². The van der Waals surface area contributed by atoms with Crippen molar-refractivity contribution in [3.8, 4) is 0 Å². The van der Waals surface area contributed by atoms with E-state index in [0.717, 1.165) is 25.6 Å². The molecule has 0 amide bonds. The van der Waals surface area contributed by atoms with E-state index in [9.17, 15) is 4.79 Å². The van der Waals surface area contributed by atoms with Crippen molar-refractivity contribution in [3.05, 3.63) is 68.1 Å². The normalized spacial score (nSPS) is 10.4. The van der Waals surface area contributed by atoms with Gasteiger partial charge in [0.15, 0.2) is 5.78 Å². The molecule has 0 N–H and O–H groups in total. The molecule has 0 aliphatic carbocycles. The van der Waals surface area contributed by atoms with Crippen LogP contribution in [0.1, 0.15) is 21.5 Å². The minimum atomic E-state index is 0.149. The fraction of sp³-hybridized carbons (Fsp3) is 0.133. The summed E-state index contributed by atoms with van der Waals surface area (Å²) in [6, 6.07) is 13.6. The second-order valence-electron chi connectivity index (χ2n) is 4.14. The fourth-order valence-corrected chi connectivity index (χ4v) is 2.42. The summed E-state index contributed by atoms with van der Waals surface area (Å²) in [5, 5.41) is 0. The second-order valence-corrected chi connectivity index (χ2v) is 5.91. The molecule has 0 aromatic heterocycles. The number of Topliss-reactive ketones (excluding diaryl/α,β-unsaturated/α-hetero) is 1. The molecule has 0 saturated carbocycles. The Kier molecular flexibility index (Phi) is 4.36. The van der Waals surface area contributed by atoms with Gasteiger partial charge < -0.3 is 0 Å². The molecule has 92 valence electrons. The van der Waals surface area contributed by atoms with Crippen LogP contribution in [0.2, 0.25) is 0 Å². The first kappa shape index (κ1) is 13.5. The third kappa shape index (κ3) is 3.09. The van der Waals surface area contributed by atoms with Crippen molar-refractivity contribution in [1.82, 2.24) is 0 Å². The molecule has 3 heteroatoms. The lowest BCUT2D eigenvalue weighted by atomic mass is 9.99. The minimum absolute atomic E-state index is 0.149. The van der Waals surface area contributed by atoms with Crippen LogP contribution in [-0.2, 0) is 6.42 Å². The first-order chi connectivity index (χ1) is 8.58. The molecule has 1 nitrogen and oxygen atoms in total. The number of carbonyl (C=O) groups excluding carboxylic acids is 1. The first-order valence-corrected chi connectivity index (χ1v) is 7.19. The summed E-state index contributed by atoms with van der Waals surface area (Å²) < 4.78 is 2.00. The molecule has 0 unspecified atom stereocenters. The van der Waals surface area contributed by atoms with Gasteiger partial charge in [-0.05, 0) is 36.2 Å². The Morgan fingerprint density at radius 3 is 2.39 bits per heavy atom. The van der Waals surface area contributed by atoms with Crippen LogP contribution in [0.3, 0.4) is 0 Å². The lowest BCUT2D eigenvalue weighted by molar-refractivity contribution is 0.0992. The van der Waals surface area contributed by atoms with Crippen molar-refractivity contribution in [2.45, 2.75) is 13.3 Å². The van der Waals surface area contributed by atoms with Gasteiger partial charge in [0.05, 0.1) is 0 Å². The smallest absolute Gasteiger partial charge is 0.167 e. The minimum Gasteiger partial charge on any atom is -0.294 e. The Morgan fingerprint density at radius 2 is 1.72 bits per heavy atom. The zero-order valence-electron chi connectivity index (χ0n) is 9.91. The summed E-state index contributed by atoms with van der Waals surface area (Å²) in [7, 11) is 0. The monoisotopic (exact) mass is 366 g/mol. The van der Waals surface area contributed by atoms with Gasteiger partial charge in [0.1, 0.15) is 0 Å². The standard InChI is InChI=1S/C15H12Br2O/c1-10-13(3-2-4-14(10)17)15(18)9-11-5-7-12(16)8-6-11/h2-8H,9H2,1H3. The van der Waals surface area contributed by atoms with E-state index in [0.29, 0.717) is 6.42 Å². The molecule has 2 rings (SSSR count). The van der Waals surface area contributed by atoms with Gasteiger partial charge in [-0.3, -0.25) is 4.79 Å². The number of rotatable bonds is 3. The summed E-state index contributed by atoms with van der Waals surface area (Å²) >= 11 is 6.84. The third-order valence-electron chi connectivity index (χ3n) is 2.85. The summed E-state index contributed by atoms with van der Waals surface area (Å²) in [5.74, 6) is 0.149. The molecule has 0 saturated heterocycles. The highest BCUT2D eigenvalue weighted by atomic mass is 79.9. The van der Waals surface area contributed by atoms with Gasteiger partial charge >= 0.3 is 0 Å². The van der Waals surface area contributed by atoms with Gasteiger partial charge in [-0.2, -0.15) is 0 Å². The van der Waals surface area contributed by atoms with Crippen LogP contribution < -0.4 is 0 Å². The van der Waals surface area contributed by atoms with Crippen molar-refractivity contribution < 1.29 is 4.79 Å². The van der Waals surface area contributed by atoms with Crippen molar-refractivity contribution >= 4 is 37.6 Å². The van der Waals surface area contributed by atoms with Crippen molar-refractivity contribution in [2.24, 2.45) is 0 Å². The second kappa shape index (κ2) is 5.81. The Balaban J connectivity index is 2.22. The molecule has 0 spiro atoms. The SMILES string of the molecule is Cc1c(Br)cccc1C(=O)Cc1ccc(Br)cc1. The van der Waals surface area contributed by atoms with Crippen molar-refractivity contribution in [2.75, 3.05) is 0 Å². The van der Waals surface area contributed by atoms with Gasteiger partial charge in [-0.25, -0.2) is 0 Å². The van der Waals surface area contributed by atoms with Crippen molar-refractivity contribution in [1.29, 1.82) is 0 Å². The summed E-state index contributed by atoms with van der Waals surface area (Å²) in [5.41, 5.74) is 2.81. The van der Waals surface area contributed by atoms with Crippen LogP contribution in [-0.4, -0.2) is 5.78 Å². The Morgan fingerprint density at radius 1 is 1.06 bits per heavy atom. The average Bonchev–Trinajstić information content (AvgIpc) is 2.35. The van der Waals surface area contributed by atoms with Crippen molar-refractivity contribution in [3.63, 3.8) is 0 Å². The van der Waals surface area contributed by atoms with Gasteiger partial charge in [0.25, 0.3) is 0 Å². The first-order valence-electron chi connectivity index (χ1n) is 5.60.